The fraction of sp³-hybridized carbons (Fsp3) is 0.389. The molecule has 7 heteroatoms. The number of nitrogens with one attached hydrogen (secondary N) is 1. The summed E-state index contributed by atoms with van der Waals surface area (Å²) < 4.78 is 10.3. The van der Waals surface area contributed by atoms with E-state index >= 15 is 0 Å². The molecule has 0 saturated carbocycles. The molecule has 1 aliphatic heterocycles. The van der Waals surface area contributed by atoms with Gasteiger partial charge in [-0.25, -0.2) is 0 Å². The van der Waals surface area contributed by atoms with Gasteiger partial charge in [0.25, 0.3) is 0 Å². The molecule has 1 aliphatic rings. The van der Waals surface area contributed by atoms with Crippen LogP contribution in [-0.2, 0) is 16.1 Å². The van der Waals surface area contributed by atoms with Crippen molar-refractivity contribution in [3.05, 3.63) is 48.3 Å². The summed E-state index contributed by atoms with van der Waals surface area (Å²) >= 11 is 0. The first-order valence-corrected chi connectivity index (χ1v) is 8.20. The van der Waals surface area contributed by atoms with Gasteiger partial charge in [0.05, 0.1) is 25.0 Å². The molecule has 2 aromatic heterocycles. The summed E-state index contributed by atoms with van der Waals surface area (Å²) in [6.45, 7) is 2.47. The quantitative estimate of drug-likeness (QED) is 0.776. The van der Waals surface area contributed by atoms with Gasteiger partial charge in [0, 0.05) is 25.4 Å². The lowest BCUT2D eigenvalue weighted by Gasteiger charge is -2.17. The fourth-order valence-electron chi connectivity index (χ4n) is 2.92. The van der Waals surface area contributed by atoms with Crippen molar-refractivity contribution in [2.24, 2.45) is 5.92 Å². The second-order valence-electron chi connectivity index (χ2n) is 6.27. The maximum Gasteiger partial charge on any atom is 0.225 e. The first kappa shape index (κ1) is 17.0. The Morgan fingerprint density at radius 2 is 2.04 bits per heavy atom. The summed E-state index contributed by atoms with van der Waals surface area (Å²) in [7, 11) is 0. The van der Waals surface area contributed by atoms with E-state index in [2.05, 4.69) is 5.32 Å². The minimum atomic E-state index is -0.413. The highest BCUT2D eigenvalue weighted by atomic mass is 16.3. The summed E-state index contributed by atoms with van der Waals surface area (Å²) in [6.07, 6.45) is 3.31. The number of hydrogen-bond acceptors (Lipinski definition) is 5. The van der Waals surface area contributed by atoms with Crippen LogP contribution in [0.4, 0.5) is 0 Å². The van der Waals surface area contributed by atoms with Crippen LogP contribution in [0.25, 0.3) is 0 Å². The first-order valence-electron chi connectivity index (χ1n) is 8.20. The van der Waals surface area contributed by atoms with Crippen molar-refractivity contribution in [1.29, 1.82) is 0 Å². The van der Waals surface area contributed by atoms with Crippen molar-refractivity contribution in [3.8, 4) is 0 Å². The van der Waals surface area contributed by atoms with Crippen molar-refractivity contribution in [2.45, 2.75) is 32.4 Å². The van der Waals surface area contributed by atoms with Crippen molar-refractivity contribution >= 4 is 17.6 Å². The third-order valence-electron chi connectivity index (χ3n) is 4.19. The third kappa shape index (κ3) is 4.17. The Morgan fingerprint density at radius 3 is 2.72 bits per heavy atom. The largest absolute Gasteiger partial charge is 0.467 e. The number of amides is 2. The Morgan fingerprint density at radius 1 is 1.28 bits per heavy atom. The molecule has 0 spiro atoms. The van der Waals surface area contributed by atoms with E-state index in [0.29, 0.717) is 18.8 Å². The molecule has 0 aromatic carbocycles. The van der Waals surface area contributed by atoms with E-state index in [-0.39, 0.29) is 42.2 Å². The Balaban J connectivity index is 1.49. The SMILES string of the molecule is C[C@@H](CC(=O)c1ccco1)NC(=O)[C@H]1CC(=O)N(Cc2ccco2)C1. The summed E-state index contributed by atoms with van der Waals surface area (Å²) in [5, 5.41) is 2.81. The highest BCUT2D eigenvalue weighted by Gasteiger charge is 2.35. The minimum Gasteiger partial charge on any atom is -0.467 e. The monoisotopic (exact) mass is 344 g/mol. The molecule has 1 fully saturated rings. The predicted octanol–water partition coefficient (Wildman–Crippen LogP) is 2.00. The number of carbonyl (C=O) groups excluding carboxylic acids is 3. The van der Waals surface area contributed by atoms with E-state index in [0.717, 1.165) is 0 Å². The van der Waals surface area contributed by atoms with E-state index < -0.39 is 5.92 Å². The van der Waals surface area contributed by atoms with Crippen LogP contribution in [0.3, 0.4) is 0 Å². The number of furan rings is 2. The molecular weight excluding hydrogens is 324 g/mol. The van der Waals surface area contributed by atoms with Crippen LogP contribution in [0, 0.1) is 5.92 Å². The first-order chi connectivity index (χ1) is 12.0. The molecule has 2 atom stereocenters. The van der Waals surface area contributed by atoms with Gasteiger partial charge in [-0.3, -0.25) is 14.4 Å². The Kier molecular flexibility index (Phi) is 5.02. The van der Waals surface area contributed by atoms with Crippen LogP contribution < -0.4 is 5.32 Å². The number of rotatable bonds is 7. The molecule has 25 heavy (non-hydrogen) atoms. The number of carbonyl (C=O) groups is 3. The number of hydrogen-bond donors (Lipinski definition) is 1. The predicted molar refractivity (Wildman–Crippen MR) is 87.5 cm³/mol. The Bertz CT molecular complexity index is 736. The van der Waals surface area contributed by atoms with E-state index in [9.17, 15) is 14.4 Å². The van der Waals surface area contributed by atoms with Gasteiger partial charge in [-0.15, -0.1) is 0 Å². The van der Waals surface area contributed by atoms with Crippen LogP contribution in [0.5, 0.6) is 0 Å². The smallest absolute Gasteiger partial charge is 0.225 e. The van der Waals surface area contributed by atoms with Crippen molar-refractivity contribution in [3.63, 3.8) is 0 Å². The molecule has 0 unspecified atom stereocenters. The van der Waals surface area contributed by atoms with Gasteiger partial charge in [0.2, 0.25) is 11.8 Å². The molecule has 132 valence electrons. The molecule has 0 bridgehead atoms. The van der Waals surface area contributed by atoms with E-state index in [1.54, 1.807) is 42.4 Å². The third-order valence-corrected chi connectivity index (χ3v) is 4.19. The van der Waals surface area contributed by atoms with Crippen molar-refractivity contribution < 1.29 is 23.2 Å². The molecule has 0 aliphatic carbocycles. The van der Waals surface area contributed by atoms with Gasteiger partial charge in [-0.05, 0) is 31.2 Å². The average Bonchev–Trinajstić information content (AvgIpc) is 3.30. The van der Waals surface area contributed by atoms with Gasteiger partial charge in [-0.1, -0.05) is 0 Å². The van der Waals surface area contributed by atoms with Gasteiger partial charge in [0.1, 0.15) is 5.76 Å². The lowest BCUT2D eigenvalue weighted by molar-refractivity contribution is -0.129. The normalized spacial score (nSPS) is 18.4. The summed E-state index contributed by atoms with van der Waals surface area (Å²) in [5.74, 6) is 0.0999. The van der Waals surface area contributed by atoms with Crippen LogP contribution >= 0.6 is 0 Å². The maximum atomic E-state index is 12.4. The summed E-state index contributed by atoms with van der Waals surface area (Å²) in [4.78, 5) is 38.0. The van der Waals surface area contributed by atoms with Crippen molar-refractivity contribution in [1.82, 2.24) is 10.2 Å². The lowest BCUT2D eigenvalue weighted by atomic mass is 10.1. The zero-order valence-corrected chi connectivity index (χ0v) is 13.9. The molecule has 2 amide bonds. The number of likely N-dealkylation sites (tertiary alicyclic amines) is 1. The highest BCUT2D eigenvalue weighted by Crippen LogP contribution is 2.21. The number of ketones is 1. The number of nitrogens with zero attached hydrogens (tertiary/aromatic N) is 1. The zero-order valence-electron chi connectivity index (χ0n) is 13.9. The zero-order chi connectivity index (χ0) is 17.8. The second-order valence-corrected chi connectivity index (χ2v) is 6.27. The topological polar surface area (TPSA) is 92.8 Å². The Hall–Kier alpha value is -2.83. The molecule has 3 rings (SSSR count). The highest BCUT2D eigenvalue weighted by molar-refractivity contribution is 5.94. The number of Topliss-reactive ketones (excluding diaryl/α,β-unsaturated/α-hetero) is 1. The second kappa shape index (κ2) is 7.38. The molecule has 2 aromatic rings. The van der Waals surface area contributed by atoms with Gasteiger partial charge < -0.3 is 19.1 Å². The standard InChI is InChI=1S/C18H20N2O5/c1-12(8-15(21)16-5-3-7-25-16)19-18(23)13-9-17(22)20(10-13)11-14-4-2-6-24-14/h2-7,12-13H,8-11H2,1H3,(H,19,23)/t12-,13-/m0/s1. The lowest BCUT2D eigenvalue weighted by Crippen LogP contribution is -2.39. The molecule has 0 radical (unpaired) electrons. The van der Waals surface area contributed by atoms with Gasteiger partial charge in [0.15, 0.2) is 11.5 Å². The molecule has 7 nitrogen and oxygen atoms in total. The van der Waals surface area contributed by atoms with Crippen LogP contribution in [-0.4, -0.2) is 35.1 Å². The summed E-state index contributed by atoms with van der Waals surface area (Å²) in [6, 6.07) is 6.47. The van der Waals surface area contributed by atoms with Crippen molar-refractivity contribution in [2.75, 3.05) is 6.54 Å². The fourth-order valence-corrected chi connectivity index (χ4v) is 2.92. The summed E-state index contributed by atoms with van der Waals surface area (Å²) in [5.41, 5.74) is 0. The van der Waals surface area contributed by atoms with Crippen LogP contribution in [0.15, 0.2) is 45.6 Å². The van der Waals surface area contributed by atoms with E-state index in [1.807, 2.05) is 0 Å². The Labute approximate surface area is 145 Å². The minimum absolute atomic E-state index is 0.0733. The molecule has 1 N–H and O–H groups in total. The maximum absolute atomic E-state index is 12.4. The van der Waals surface area contributed by atoms with Gasteiger partial charge >= 0.3 is 0 Å². The average molecular weight is 344 g/mol. The molecule has 1 saturated heterocycles. The van der Waals surface area contributed by atoms with E-state index in [4.69, 9.17) is 8.83 Å². The molecule has 3 heterocycles. The van der Waals surface area contributed by atoms with Crippen LogP contribution in [0.2, 0.25) is 0 Å². The van der Waals surface area contributed by atoms with E-state index in [1.165, 1.54) is 6.26 Å². The van der Waals surface area contributed by atoms with Gasteiger partial charge in [-0.2, -0.15) is 0 Å². The van der Waals surface area contributed by atoms with Crippen LogP contribution in [0.1, 0.15) is 36.1 Å². The molecular formula is C18H20N2O5.